The Morgan fingerprint density at radius 1 is 1.23 bits per heavy atom. The van der Waals surface area contributed by atoms with Crippen LogP contribution in [-0.2, 0) is 14.9 Å². The Hall–Kier alpha value is -2.50. The SMILES string of the molecule is C[C@@H]1CN(CC(=O)N2CC(C)(C)c3ncc(C(O)c4cccc(F)c4F)cc32)[C@@H](CN2[C@H](C)COC[C@H]2C)CN1. The van der Waals surface area contributed by atoms with Crippen molar-refractivity contribution in [1.29, 1.82) is 0 Å². The summed E-state index contributed by atoms with van der Waals surface area (Å²) in [5.74, 6) is -2.16. The number of aromatic nitrogens is 1. The minimum atomic E-state index is -1.41. The highest BCUT2D eigenvalue weighted by Gasteiger charge is 2.41. The zero-order valence-corrected chi connectivity index (χ0v) is 24.0. The van der Waals surface area contributed by atoms with Crippen molar-refractivity contribution in [2.45, 2.75) is 70.3 Å². The number of halogens is 2. The number of hydrogen-bond donors (Lipinski definition) is 2. The maximum absolute atomic E-state index is 14.4. The topological polar surface area (TPSA) is 81.2 Å². The summed E-state index contributed by atoms with van der Waals surface area (Å²) in [6.07, 6.45) is 0.0764. The molecule has 1 amide bonds. The highest BCUT2D eigenvalue weighted by Crippen LogP contribution is 2.41. The van der Waals surface area contributed by atoms with Gasteiger partial charge in [-0.15, -0.1) is 0 Å². The van der Waals surface area contributed by atoms with E-state index in [-0.39, 0.29) is 30.1 Å². The van der Waals surface area contributed by atoms with Gasteiger partial charge in [-0.2, -0.15) is 0 Å². The van der Waals surface area contributed by atoms with E-state index in [1.165, 1.54) is 18.3 Å². The van der Waals surface area contributed by atoms with Crippen LogP contribution in [0.25, 0.3) is 0 Å². The molecule has 3 aliphatic rings. The van der Waals surface area contributed by atoms with Crippen molar-refractivity contribution in [2.75, 3.05) is 50.8 Å². The van der Waals surface area contributed by atoms with Gasteiger partial charge in [-0.3, -0.25) is 19.6 Å². The molecule has 2 fully saturated rings. The Morgan fingerprint density at radius 3 is 2.67 bits per heavy atom. The van der Waals surface area contributed by atoms with Gasteiger partial charge in [0.15, 0.2) is 11.6 Å². The summed E-state index contributed by atoms with van der Waals surface area (Å²) in [6, 6.07) is 6.47. The number of piperazine rings is 1. The van der Waals surface area contributed by atoms with Crippen molar-refractivity contribution in [3.8, 4) is 0 Å². The molecule has 1 aromatic carbocycles. The first-order valence-corrected chi connectivity index (χ1v) is 14.2. The molecule has 8 nitrogen and oxygen atoms in total. The number of benzene rings is 1. The van der Waals surface area contributed by atoms with E-state index in [0.717, 1.165) is 31.4 Å². The van der Waals surface area contributed by atoms with Crippen LogP contribution in [0.5, 0.6) is 0 Å². The predicted octanol–water partition coefficient (Wildman–Crippen LogP) is 2.84. The Kier molecular flexibility index (Phi) is 8.27. The van der Waals surface area contributed by atoms with E-state index in [4.69, 9.17) is 4.74 Å². The van der Waals surface area contributed by atoms with Gasteiger partial charge < -0.3 is 20.1 Å². The lowest BCUT2D eigenvalue weighted by molar-refractivity contribution is -0.121. The molecule has 0 aliphatic carbocycles. The van der Waals surface area contributed by atoms with Crippen molar-refractivity contribution in [3.63, 3.8) is 0 Å². The molecule has 1 unspecified atom stereocenters. The molecule has 4 heterocycles. The third kappa shape index (κ3) is 5.65. The standard InChI is InChI=1S/C30H41F2N5O3/c1-18-12-35(22(11-33-18)13-36-19(2)15-40-16-20(36)3)14-26(38)37-17-30(4,5)29-25(37)9-21(10-34-29)28(39)23-7-6-8-24(31)27(23)32/h6-10,18-20,22,28,33,39H,11-17H2,1-5H3/t18-,19-,20-,22-,28?/m1/s1. The van der Waals surface area contributed by atoms with Crippen LogP contribution in [0.1, 0.15) is 57.5 Å². The number of carbonyl (C=O) groups is 1. The highest BCUT2D eigenvalue weighted by molar-refractivity contribution is 5.97. The third-order valence-corrected chi connectivity index (χ3v) is 8.60. The number of amides is 1. The zero-order valence-electron chi connectivity index (χ0n) is 24.0. The number of nitrogens with one attached hydrogen (secondary N) is 1. The fourth-order valence-corrected chi connectivity index (χ4v) is 6.34. The second-order valence-corrected chi connectivity index (χ2v) is 12.4. The molecule has 2 saturated heterocycles. The number of pyridine rings is 1. The summed E-state index contributed by atoms with van der Waals surface area (Å²) in [5.41, 5.74) is 1.10. The van der Waals surface area contributed by atoms with Crippen molar-refractivity contribution in [2.24, 2.45) is 0 Å². The van der Waals surface area contributed by atoms with Crippen molar-refractivity contribution >= 4 is 11.6 Å². The Morgan fingerprint density at radius 2 is 1.95 bits per heavy atom. The van der Waals surface area contributed by atoms with Crippen LogP contribution in [0, 0.1) is 11.6 Å². The van der Waals surface area contributed by atoms with E-state index in [1.54, 1.807) is 11.0 Å². The number of ether oxygens (including phenoxy) is 1. The molecular weight excluding hydrogens is 516 g/mol. The average Bonchev–Trinajstić information content (AvgIpc) is 3.19. The molecule has 218 valence electrons. The predicted molar refractivity (Wildman–Crippen MR) is 149 cm³/mol. The molecule has 5 rings (SSSR count). The molecule has 3 aliphatic heterocycles. The smallest absolute Gasteiger partial charge is 0.241 e. The molecule has 0 bridgehead atoms. The lowest BCUT2D eigenvalue weighted by Crippen LogP contribution is -2.63. The number of fused-ring (bicyclic) bond motifs is 1. The van der Waals surface area contributed by atoms with E-state index < -0.39 is 23.2 Å². The number of morpholine rings is 1. The number of aliphatic hydroxyl groups excluding tert-OH is 1. The number of rotatable bonds is 6. The summed E-state index contributed by atoms with van der Waals surface area (Å²) < 4.78 is 34.0. The fourth-order valence-electron chi connectivity index (χ4n) is 6.34. The maximum Gasteiger partial charge on any atom is 0.241 e. The van der Waals surface area contributed by atoms with Gasteiger partial charge in [-0.05, 0) is 32.9 Å². The van der Waals surface area contributed by atoms with E-state index in [9.17, 15) is 18.7 Å². The number of aliphatic hydroxyl groups is 1. The minimum absolute atomic E-state index is 0.0422. The average molecular weight is 558 g/mol. The fraction of sp³-hybridized carbons (Fsp3) is 0.600. The summed E-state index contributed by atoms with van der Waals surface area (Å²) in [5, 5.41) is 14.5. The van der Waals surface area contributed by atoms with Gasteiger partial charge in [0.1, 0.15) is 6.10 Å². The van der Waals surface area contributed by atoms with Gasteiger partial charge >= 0.3 is 0 Å². The summed E-state index contributed by atoms with van der Waals surface area (Å²) in [4.78, 5) is 25.0. The van der Waals surface area contributed by atoms with Gasteiger partial charge in [0, 0.05) is 73.1 Å². The van der Waals surface area contributed by atoms with Gasteiger partial charge in [-0.25, -0.2) is 8.78 Å². The summed E-state index contributed by atoms with van der Waals surface area (Å²) in [6.45, 7) is 15.1. The van der Waals surface area contributed by atoms with Crippen LogP contribution in [0.15, 0.2) is 30.5 Å². The van der Waals surface area contributed by atoms with Crippen LogP contribution in [-0.4, -0.2) is 95.9 Å². The van der Waals surface area contributed by atoms with E-state index in [1.807, 2.05) is 13.8 Å². The van der Waals surface area contributed by atoms with E-state index >= 15 is 0 Å². The third-order valence-electron chi connectivity index (χ3n) is 8.60. The van der Waals surface area contributed by atoms with Crippen LogP contribution < -0.4 is 10.2 Å². The first-order valence-electron chi connectivity index (χ1n) is 14.2. The van der Waals surface area contributed by atoms with Gasteiger partial charge in [-0.1, -0.05) is 26.0 Å². The quantitative estimate of drug-likeness (QED) is 0.566. The number of nitrogens with zero attached hydrogens (tertiary/aromatic N) is 4. The van der Waals surface area contributed by atoms with E-state index in [0.29, 0.717) is 43.1 Å². The number of hydrogen-bond acceptors (Lipinski definition) is 7. The van der Waals surface area contributed by atoms with Crippen LogP contribution in [0.2, 0.25) is 0 Å². The van der Waals surface area contributed by atoms with Crippen molar-refractivity contribution in [1.82, 2.24) is 20.1 Å². The van der Waals surface area contributed by atoms with Gasteiger partial charge in [0.2, 0.25) is 5.91 Å². The number of anilines is 1. The molecule has 10 heteroatoms. The minimum Gasteiger partial charge on any atom is -0.383 e. The molecule has 5 atom stereocenters. The lowest BCUT2D eigenvalue weighted by Gasteiger charge is -2.46. The molecule has 1 aromatic heterocycles. The monoisotopic (exact) mass is 557 g/mol. The zero-order chi connectivity index (χ0) is 28.8. The largest absolute Gasteiger partial charge is 0.383 e. The molecule has 0 saturated carbocycles. The lowest BCUT2D eigenvalue weighted by atomic mass is 9.90. The molecular formula is C30H41F2N5O3. The van der Waals surface area contributed by atoms with Gasteiger partial charge in [0.25, 0.3) is 0 Å². The molecule has 2 aromatic rings. The first-order chi connectivity index (χ1) is 19.0. The van der Waals surface area contributed by atoms with Crippen molar-refractivity contribution in [3.05, 3.63) is 58.9 Å². The normalized spacial score (nSPS) is 27.9. The van der Waals surface area contributed by atoms with Crippen LogP contribution in [0.3, 0.4) is 0 Å². The highest BCUT2D eigenvalue weighted by atomic mass is 19.2. The summed E-state index contributed by atoms with van der Waals surface area (Å²) in [7, 11) is 0. The Balaban J connectivity index is 1.38. The molecule has 40 heavy (non-hydrogen) atoms. The molecule has 0 spiro atoms. The summed E-state index contributed by atoms with van der Waals surface area (Å²) >= 11 is 0. The maximum atomic E-state index is 14.4. The van der Waals surface area contributed by atoms with Gasteiger partial charge in [0.05, 0.1) is 31.1 Å². The Labute approximate surface area is 235 Å². The number of carbonyl (C=O) groups excluding carboxylic acids is 1. The van der Waals surface area contributed by atoms with Crippen LogP contribution >= 0.6 is 0 Å². The first kappa shape index (κ1) is 29.0. The Bertz CT molecular complexity index is 1230. The van der Waals surface area contributed by atoms with Crippen LogP contribution in [0.4, 0.5) is 14.5 Å². The second-order valence-electron chi connectivity index (χ2n) is 12.4. The van der Waals surface area contributed by atoms with E-state index in [2.05, 4.69) is 40.9 Å². The van der Waals surface area contributed by atoms with Crippen molar-refractivity contribution < 1.29 is 23.4 Å². The molecule has 2 N–H and O–H groups in total. The second kappa shape index (κ2) is 11.4. The molecule has 0 radical (unpaired) electrons.